The zero-order valence-corrected chi connectivity index (χ0v) is 9.16. The summed E-state index contributed by atoms with van der Waals surface area (Å²) in [6, 6.07) is 0. The van der Waals surface area contributed by atoms with Crippen molar-refractivity contribution in [1.82, 2.24) is 4.98 Å². The van der Waals surface area contributed by atoms with Crippen LogP contribution >= 0.6 is 22.6 Å². The number of hydrogen-bond acceptors (Lipinski definition) is 2. The van der Waals surface area contributed by atoms with Gasteiger partial charge >= 0.3 is 5.76 Å². The van der Waals surface area contributed by atoms with Gasteiger partial charge in [0.05, 0.1) is 9.12 Å². The van der Waals surface area contributed by atoms with E-state index in [1.807, 2.05) is 24.3 Å². The van der Waals surface area contributed by atoms with Gasteiger partial charge in [0, 0.05) is 0 Å². The van der Waals surface area contributed by atoms with Crippen LogP contribution in [0.5, 0.6) is 0 Å². The van der Waals surface area contributed by atoms with Gasteiger partial charge in [0.1, 0.15) is 0 Å². The van der Waals surface area contributed by atoms with E-state index in [0.29, 0.717) is 5.76 Å². The number of oxazole rings is 1. The number of rotatable bonds is 0. The third kappa shape index (κ3) is 1.77. The molecule has 13 heavy (non-hydrogen) atoms. The number of alkyl halides is 1. The van der Waals surface area contributed by atoms with Crippen molar-refractivity contribution in [1.29, 1.82) is 0 Å². The van der Waals surface area contributed by atoms with Crippen molar-refractivity contribution < 1.29 is 4.42 Å². The zero-order chi connectivity index (χ0) is 9.47. The first kappa shape index (κ1) is 8.80. The second-order valence-electron chi connectivity index (χ2n) is 3.11. The first-order chi connectivity index (χ1) is 6.07. The number of nitrogens with one attached hydrogen (secondary N) is 1. The maximum absolute atomic E-state index is 10.8. The third-order valence-corrected chi connectivity index (χ3v) is 2.56. The normalized spacial score (nSPS) is 25.7. The van der Waals surface area contributed by atoms with Gasteiger partial charge in [0.2, 0.25) is 0 Å². The van der Waals surface area contributed by atoms with Gasteiger partial charge in [0.25, 0.3) is 0 Å². The number of allylic oxidation sites excluding steroid dienone is 2. The van der Waals surface area contributed by atoms with Crippen LogP contribution in [0.3, 0.4) is 0 Å². The third-order valence-electron chi connectivity index (χ3n) is 1.84. The molecule has 68 valence electrons. The summed E-state index contributed by atoms with van der Waals surface area (Å²) in [5.74, 6) is 0.193. The minimum absolute atomic E-state index is 0.0177. The Balaban J connectivity index is 2.56. The van der Waals surface area contributed by atoms with E-state index in [2.05, 4.69) is 34.5 Å². The van der Waals surface area contributed by atoms with Crippen LogP contribution in [0.1, 0.15) is 18.4 Å². The topological polar surface area (TPSA) is 46.0 Å². The minimum atomic E-state index is -0.406. The van der Waals surface area contributed by atoms with E-state index < -0.39 is 5.76 Å². The number of hydrogen-bond donors (Lipinski definition) is 1. The van der Waals surface area contributed by atoms with Crippen LogP contribution in [-0.2, 0) is 0 Å². The molecule has 1 aromatic rings. The van der Waals surface area contributed by atoms with Gasteiger partial charge in [-0.2, -0.15) is 0 Å². The van der Waals surface area contributed by atoms with Crippen LogP contribution in [0.4, 0.5) is 0 Å². The van der Waals surface area contributed by atoms with Crippen LogP contribution in [0.2, 0.25) is 0 Å². The minimum Gasteiger partial charge on any atom is -0.408 e. The van der Waals surface area contributed by atoms with Crippen molar-refractivity contribution in [2.24, 2.45) is 0 Å². The molecule has 4 heteroatoms. The lowest BCUT2D eigenvalue weighted by Gasteiger charge is -2.09. The number of fused-ring (bicyclic) bond motifs is 1. The SMILES string of the molecule is CC1(I)C=Cc2[nH]c(=O)oc2C=C1. The molecule has 1 aliphatic carbocycles. The molecule has 0 bridgehead atoms. The molecule has 1 heterocycles. The molecule has 1 unspecified atom stereocenters. The maximum atomic E-state index is 10.8. The molecule has 0 radical (unpaired) electrons. The Morgan fingerprint density at radius 3 is 2.92 bits per heavy atom. The summed E-state index contributed by atoms with van der Waals surface area (Å²) < 4.78 is 4.91. The Morgan fingerprint density at radius 1 is 1.46 bits per heavy atom. The van der Waals surface area contributed by atoms with Crippen LogP contribution in [-0.4, -0.2) is 8.41 Å². The summed E-state index contributed by atoms with van der Waals surface area (Å²) in [6.45, 7) is 2.07. The van der Waals surface area contributed by atoms with Gasteiger partial charge in [-0.3, -0.25) is 4.98 Å². The van der Waals surface area contributed by atoms with Crippen LogP contribution < -0.4 is 5.76 Å². The number of H-pyrrole nitrogens is 1. The lowest BCUT2D eigenvalue weighted by Crippen LogP contribution is -2.04. The second kappa shape index (κ2) is 2.87. The van der Waals surface area contributed by atoms with Gasteiger partial charge in [-0.1, -0.05) is 34.7 Å². The molecular formula is C9H8INO2. The molecule has 0 amide bonds. The number of halogens is 1. The fraction of sp³-hybridized carbons (Fsp3) is 0.222. The van der Waals surface area contributed by atoms with Crippen LogP contribution in [0, 0.1) is 0 Å². The highest BCUT2D eigenvalue weighted by Crippen LogP contribution is 2.27. The van der Waals surface area contributed by atoms with E-state index in [9.17, 15) is 4.79 Å². The van der Waals surface area contributed by atoms with Crippen molar-refractivity contribution in [3.8, 4) is 0 Å². The van der Waals surface area contributed by atoms with Gasteiger partial charge in [0.15, 0.2) is 5.76 Å². The maximum Gasteiger partial charge on any atom is 0.417 e. The molecule has 0 saturated heterocycles. The molecule has 0 aromatic carbocycles. The fourth-order valence-electron chi connectivity index (χ4n) is 1.14. The predicted octanol–water partition coefficient (Wildman–Crippen LogP) is 2.20. The molecule has 0 saturated carbocycles. The van der Waals surface area contributed by atoms with E-state index in [0.717, 1.165) is 5.69 Å². The summed E-state index contributed by atoms with van der Waals surface area (Å²) in [6.07, 6.45) is 7.69. The van der Waals surface area contributed by atoms with Gasteiger partial charge in [-0.15, -0.1) is 0 Å². The van der Waals surface area contributed by atoms with E-state index in [4.69, 9.17) is 4.42 Å². The summed E-state index contributed by atoms with van der Waals surface area (Å²) in [7, 11) is 0. The van der Waals surface area contributed by atoms with Crippen LogP contribution in [0.15, 0.2) is 21.4 Å². The summed E-state index contributed by atoms with van der Waals surface area (Å²) in [4.78, 5) is 13.4. The smallest absolute Gasteiger partial charge is 0.408 e. The Morgan fingerprint density at radius 2 is 2.15 bits per heavy atom. The molecule has 1 atom stereocenters. The fourth-order valence-corrected chi connectivity index (χ4v) is 1.50. The highest BCUT2D eigenvalue weighted by atomic mass is 127. The van der Waals surface area contributed by atoms with Gasteiger partial charge in [-0.25, -0.2) is 4.79 Å². The molecule has 1 N–H and O–H groups in total. The summed E-state index contributed by atoms with van der Waals surface area (Å²) in [5, 5.41) is 0. The lowest BCUT2D eigenvalue weighted by atomic mass is 10.2. The standard InChI is InChI=1S/C9H8INO2/c1-9(10)4-2-6-7(3-5-9)13-8(12)11-6/h2-5H,1H3,(H,11,12). The van der Waals surface area contributed by atoms with Crippen molar-refractivity contribution in [2.45, 2.75) is 10.3 Å². The molecule has 2 rings (SSSR count). The van der Waals surface area contributed by atoms with E-state index in [1.165, 1.54) is 0 Å². The Hall–Kier alpha value is -0.780. The number of aromatic amines is 1. The molecule has 1 aliphatic rings. The van der Waals surface area contributed by atoms with Crippen molar-refractivity contribution in [3.63, 3.8) is 0 Å². The van der Waals surface area contributed by atoms with E-state index in [1.54, 1.807) is 0 Å². The molecule has 0 fully saturated rings. The average Bonchev–Trinajstić information content (AvgIpc) is 2.34. The Kier molecular flexibility index (Phi) is 1.94. The monoisotopic (exact) mass is 289 g/mol. The van der Waals surface area contributed by atoms with Crippen molar-refractivity contribution >= 4 is 34.7 Å². The molecule has 0 aliphatic heterocycles. The molecular weight excluding hydrogens is 281 g/mol. The molecule has 1 aromatic heterocycles. The Bertz CT molecular complexity index is 400. The first-order valence-corrected chi connectivity index (χ1v) is 4.95. The summed E-state index contributed by atoms with van der Waals surface area (Å²) >= 11 is 2.31. The van der Waals surface area contributed by atoms with E-state index >= 15 is 0 Å². The highest BCUT2D eigenvalue weighted by Gasteiger charge is 2.16. The lowest BCUT2D eigenvalue weighted by molar-refractivity contribution is 0.506. The first-order valence-electron chi connectivity index (χ1n) is 3.87. The van der Waals surface area contributed by atoms with Gasteiger partial charge in [-0.05, 0) is 19.1 Å². The average molecular weight is 289 g/mol. The largest absolute Gasteiger partial charge is 0.417 e. The van der Waals surface area contributed by atoms with Crippen molar-refractivity contribution in [2.75, 3.05) is 0 Å². The van der Waals surface area contributed by atoms with E-state index in [-0.39, 0.29) is 3.42 Å². The summed E-state index contributed by atoms with van der Waals surface area (Å²) in [5.41, 5.74) is 0.738. The number of aromatic nitrogens is 1. The second-order valence-corrected chi connectivity index (χ2v) is 5.43. The zero-order valence-electron chi connectivity index (χ0n) is 7.00. The van der Waals surface area contributed by atoms with Gasteiger partial charge < -0.3 is 4.42 Å². The molecule has 0 spiro atoms. The predicted molar refractivity (Wildman–Crippen MR) is 59.8 cm³/mol. The quantitative estimate of drug-likeness (QED) is 0.588. The molecule has 3 nitrogen and oxygen atoms in total. The van der Waals surface area contributed by atoms with Crippen molar-refractivity contribution in [3.05, 3.63) is 34.2 Å². The highest BCUT2D eigenvalue weighted by molar-refractivity contribution is 14.1. The Labute approximate surface area is 88.7 Å². The van der Waals surface area contributed by atoms with Crippen LogP contribution in [0.25, 0.3) is 12.2 Å².